The lowest BCUT2D eigenvalue weighted by atomic mass is 10.2. The maximum absolute atomic E-state index is 12.4. The zero-order valence-electron chi connectivity index (χ0n) is 14.3. The number of ether oxygens (including phenoxy) is 1. The molecule has 25 heavy (non-hydrogen) atoms. The molecule has 2 rings (SSSR count). The summed E-state index contributed by atoms with van der Waals surface area (Å²) in [5.74, 6) is -0.0197. The molecular formula is C15H19N5O4S. The van der Waals surface area contributed by atoms with Crippen LogP contribution in [-0.4, -0.2) is 38.0 Å². The van der Waals surface area contributed by atoms with E-state index in [1.165, 1.54) is 31.0 Å². The molecule has 0 aliphatic rings. The maximum atomic E-state index is 12.4. The number of hydrogen-bond donors (Lipinski definition) is 1. The van der Waals surface area contributed by atoms with Crippen LogP contribution in [0.5, 0.6) is 5.75 Å². The van der Waals surface area contributed by atoms with Gasteiger partial charge in [0.05, 0.1) is 23.3 Å². The van der Waals surface area contributed by atoms with Gasteiger partial charge in [0, 0.05) is 6.04 Å². The van der Waals surface area contributed by atoms with Crippen LogP contribution in [0.3, 0.4) is 0 Å². The summed E-state index contributed by atoms with van der Waals surface area (Å²) in [6.07, 6.45) is 1.60. The van der Waals surface area contributed by atoms with Gasteiger partial charge in [-0.05, 0) is 32.9 Å². The van der Waals surface area contributed by atoms with Gasteiger partial charge in [-0.3, -0.25) is 14.9 Å². The van der Waals surface area contributed by atoms with Gasteiger partial charge >= 0.3 is 0 Å². The third-order valence-electron chi connectivity index (χ3n) is 3.41. The van der Waals surface area contributed by atoms with Crippen LogP contribution in [-0.2, 0) is 4.79 Å². The first-order chi connectivity index (χ1) is 11.8. The highest BCUT2D eigenvalue weighted by atomic mass is 32.2. The number of benzene rings is 1. The molecule has 0 aliphatic heterocycles. The van der Waals surface area contributed by atoms with Crippen molar-refractivity contribution in [3.8, 4) is 5.75 Å². The van der Waals surface area contributed by atoms with Gasteiger partial charge in [0.2, 0.25) is 5.91 Å². The van der Waals surface area contributed by atoms with Crippen molar-refractivity contribution in [2.45, 2.75) is 37.2 Å². The number of carbonyl (C=O) groups is 1. The number of nitro groups is 1. The number of carbonyl (C=O) groups excluding carboxylic acids is 1. The van der Waals surface area contributed by atoms with E-state index in [-0.39, 0.29) is 23.3 Å². The quantitative estimate of drug-likeness (QED) is 0.456. The van der Waals surface area contributed by atoms with E-state index in [0.717, 1.165) is 0 Å². The molecule has 0 saturated heterocycles. The van der Waals surface area contributed by atoms with Gasteiger partial charge in [-0.2, -0.15) is 0 Å². The third kappa shape index (κ3) is 4.47. The highest BCUT2D eigenvalue weighted by Crippen LogP contribution is 2.30. The molecule has 10 heteroatoms. The van der Waals surface area contributed by atoms with Crippen LogP contribution in [0.1, 0.15) is 26.8 Å². The Morgan fingerprint density at radius 1 is 1.40 bits per heavy atom. The summed E-state index contributed by atoms with van der Waals surface area (Å²) in [4.78, 5) is 23.0. The number of anilines is 1. The Labute approximate surface area is 148 Å². The monoisotopic (exact) mass is 365 g/mol. The smallest absolute Gasteiger partial charge is 0.296 e. The van der Waals surface area contributed by atoms with Gasteiger partial charge in [-0.25, -0.2) is 0 Å². The van der Waals surface area contributed by atoms with Gasteiger partial charge in [0.15, 0.2) is 5.16 Å². The second-order valence-electron chi connectivity index (χ2n) is 5.50. The molecule has 0 radical (unpaired) electrons. The van der Waals surface area contributed by atoms with Crippen LogP contribution < -0.4 is 10.1 Å². The lowest BCUT2D eigenvalue weighted by Gasteiger charge is -2.14. The minimum Gasteiger partial charge on any atom is -0.496 e. The molecule has 0 spiro atoms. The molecule has 1 aromatic carbocycles. The number of nitrogens with one attached hydrogen (secondary N) is 1. The fourth-order valence-corrected chi connectivity index (χ4v) is 2.97. The van der Waals surface area contributed by atoms with Crippen molar-refractivity contribution in [1.29, 1.82) is 0 Å². The van der Waals surface area contributed by atoms with Gasteiger partial charge < -0.3 is 14.6 Å². The van der Waals surface area contributed by atoms with Gasteiger partial charge in [-0.1, -0.05) is 11.8 Å². The molecular weight excluding hydrogens is 346 g/mol. The summed E-state index contributed by atoms with van der Waals surface area (Å²) in [6.45, 7) is 5.67. The summed E-state index contributed by atoms with van der Waals surface area (Å²) < 4.78 is 6.83. The zero-order chi connectivity index (χ0) is 18.6. The largest absolute Gasteiger partial charge is 0.496 e. The lowest BCUT2D eigenvalue weighted by Crippen LogP contribution is -2.23. The molecule has 9 nitrogen and oxygen atoms in total. The number of hydrogen-bond acceptors (Lipinski definition) is 7. The average molecular weight is 365 g/mol. The summed E-state index contributed by atoms with van der Waals surface area (Å²) in [5, 5.41) is 21.7. The summed E-state index contributed by atoms with van der Waals surface area (Å²) >= 11 is 1.24. The molecule has 0 fully saturated rings. The van der Waals surface area contributed by atoms with Crippen molar-refractivity contribution in [2.75, 3.05) is 12.4 Å². The second-order valence-corrected chi connectivity index (χ2v) is 6.81. The molecule has 0 saturated carbocycles. The Morgan fingerprint density at radius 3 is 2.72 bits per heavy atom. The van der Waals surface area contributed by atoms with Crippen molar-refractivity contribution >= 4 is 29.0 Å². The Balaban J connectivity index is 2.13. The number of amides is 1. The highest BCUT2D eigenvalue weighted by molar-refractivity contribution is 8.00. The molecule has 0 bridgehead atoms. The normalized spacial score (nSPS) is 12.0. The molecule has 0 aliphatic carbocycles. The van der Waals surface area contributed by atoms with Crippen LogP contribution >= 0.6 is 11.8 Å². The van der Waals surface area contributed by atoms with Gasteiger partial charge in [0.25, 0.3) is 5.69 Å². The standard InChI is InChI=1S/C15H19N5O4S/c1-9(2)19-8-16-18-15(19)25-10(3)14(21)17-12-6-5-11(24-4)7-13(12)20(22)23/h5-10H,1-4H3,(H,17,21)/t10-/m1/s1. The van der Waals surface area contributed by atoms with Crippen LogP contribution in [0.2, 0.25) is 0 Å². The molecule has 134 valence electrons. The van der Waals surface area contributed by atoms with E-state index in [1.807, 2.05) is 18.4 Å². The van der Waals surface area contributed by atoms with Crippen molar-refractivity contribution in [3.63, 3.8) is 0 Å². The first-order valence-electron chi connectivity index (χ1n) is 7.53. The minimum atomic E-state index is -0.564. The van der Waals surface area contributed by atoms with Crippen molar-refractivity contribution in [2.24, 2.45) is 0 Å². The second kappa shape index (κ2) is 7.97. The molecule has 1 heterocycles. The van der Waals surface area contributed by atoms with E-state index in [9.17, 15) is 14.9 Å². The molecule has 1 N–H and O–H groups in total. The van der Waals surface area contributed by atoms with Crippen LogP contribution in [0.4, 0.5) is 11.4 Å². The Kier molecular flexibility index (Phi) is 5.97. The van der Waals surface area contributed by atoms with Crippen molar-refractivity contribution in [1.82, 2.24) is 14.8 Å². The van der Waals surface area contributed by atoms with Crippen molar-refractivity contribution < 1.29 is 14.5 Å². The zero-order valence-corrected chi connectivity index (χ0v) is 15.1. The molecule has 0 unspecified atom stereocenters. The maximum Gasteiger partial charge on any atom is 0.296 e. The van der Waals surface area contributed by atoms with Gasteiger partial charge in [-0.15, -0.1) is 10.2 Å². The van der Waals surface area contributed by atoms with E-state index < -0.39 is 10.2 Å². The number of thioether (sulfide) groups is 1. The lowest BCUT2D eigenvalue weighted by molar-refractivity contribution is -0.384. The Hall–Kier alpha value is -2.62. The predicted octanol–water partition coefficient (Wildman–Crippen LogP) is 2.90. The topological polar surface area (TPSA) is 112 Å². The minimum absolute atomic E-state index is 0.119. The number of aromatic nitrogens is 3. The number of nitro benzene ring substituents is 1. The van der Waals surface area contributed by atoms with Crippen molar-refractivity contribution in [3.05, 3.63) is 34.6 Å². The number of rotatable bonds is 7. The first kappa shape index (κ1) is 18.7. The average Bonchev–Trinajstić information content (AvgIpc) is 3.03. The molecule has 1 atom stereocenters. The Morgan fingerprint density at radius 2 is 2.12 bits per heavy atom. The molecule has 1 aromatic heterocycles. The van der Waals surface area contributed by atoms with Gasteiger partial charge in [0.1, 0.15) is 17.8 Å². The summed E-state index contributed by atoms with van der Waals surface area (Å²) in [5.41, 5.74) is -0.108. The van der Waals surface area contributed by atoms with Crippen LogP contribution in [0, 0.1) is 10.1 Å². The fraction of sp³-hybridized carbons (Fsp3) is 0.400. The van der Waals surface area contributed by atoms with Crippen LogP contribution in [0.15, 0.2) is 29.7 Å². The van der Waals surface area contributed by atoms with E-state index in [0.29, 0.717) is 10.9 Å². The molecule has 2 aromatic rings. The number of methoxy groups -OCH3 is 1. The van der Waals surface area contributed by atoms with E-state index in [1.54, 1.807) is 19.3 Å². The van der Waals surface area contributed by atoms with E-state index in [2.05, 4.69) is 15.5 Å². The van der Waals surface area contributed by atoms with E-state index in [4.69, 9.17) is 4.74 Å². The first-order valence-corrected chi connectivity index (χ1v) is 8.41. The highest BCUT2D eigenvalue weighted by Gasteiger charge is 2.22. The third-order valence-corrected chi connectivity index (χ3v) is 4.48. The molecule has 1 amide bonds. The SMILES string of the molecule is COc1ccc(NC(=O)[C@@H](C)Sc2nncn2C(C)C)c([N+](=O)[O-])c1. The Bertz CT molecular complexity index is 777. The van der Waals surface area contributed by atoms with Crippen LogP contribution in [0.25, 0.3) is 0 Å². The fourth-order valence-electron chi connectivity index (χ4n) is 2.01. The summed E-state index contributed by atoms with van der Waals surface area (Å²) in [7, 11) is 1.42. The van der Waals surface area contributed by atoms with E-state index >= 15 is 0 Å². The predicted molar refractivity (Wildman–Crippen MR) is 94.0 cm³/mol. The number of nitrogens with zero attached hydrogens (tertiary/aromatic N) is 4. The summed E-state index contributed by atoms with van der Waals surface area (Å²) in [6, 6.07) is 4.43.